The minimum absolute atomic E-state index is 0.0770. The van der Waals surface area contributed by atoms with E-state index in [2.05, 4.69) is 13.8 Å². The quantitative estimate of drug-likeness (QED) is 0.622. The molecule has 2 unspecified atom stereocenters. The fourth-order valence-electron chi connectivity index (χ4n) is 1.47. The van der Waals surface area contributed by atoms with E-state index in [0.717, 1.165) is 6.42 Å². The molecule has 0 aliphatic carbocycles. The summed E-state index contributed by atoms with van der Waals surface area (Å²) in [5, 5.41) is 0. The van der Waals surface area contributed by atoms with Gasteiger partial charge in [0, 0.05) is 0 Å². The average Bonchev–Trinajstić information content (AvgIpc) is 1.98. The Kier molecular flexibility index (Phi) is 7.29. The van der Waals surface area contributed by atoms with E-state index in [1.807, 2.05) is 13.8 Å². The molecular weight excluding hydrogens is 162 g/mol. The fraction of sp³-hybridized carbons (Fsp3) is 1.00. The lowest BCUT2D eigenvalue weighted by atomic mass is 10.0. The molecule has 0 aromatic rings. The summed E-state index contributed by atoms with van der Waals surface area (Å²) in [5.41, 5.74) is 5.83. The maximum atomic E-state index is 5.83. The van der Waals surface area contributed by atoms with E-state index in [1.165, 1.54) is 19.3 Å². The highest BCUT2D eigenvalue weighted by molar-refractivity contribution is 4.58. The van der Waals surface area contributed by atoms with Crippen molar-refractivity contribution in [1.29, 1.82) is 0 Å². The number of hydrogen-bond donors (Lipinski definition) is 1. The Labute approximate surface area is 82.8 Å². The molecule has 0 aliphatic rings. The summed E-state index contributed by atoms with van der Waals surface area (Å²) in [4.78, 5) is 0. The molecule has 0 amide bonds. The number of rotatable bonds is 7. The van der Waals surface area contributed by atoms with Crippen LogP contribution >= 0.6 is 0 Å². The third kappa shape index (κ3) is 8.26. The van der Waals surface area contributed by atoms with E-state index in [1.54, 1.807) is 0 Å². The highest BCUT2D eigenvalue weighted by Gasteiger charge is 2.10. The summed E-state index contributed by atoms with van der Waals surface area (Å²) in [6.07, 6.45) is 4.99. The molecule has 0 saturated carbocycles. The third-order valence-electron chi connectivity index (χ3n) is 2.13. The van der Waals surface area contributed by atoms with E-state index < -0.39 is 0 Å². The first-order valence-electron chi connectivity index (χ1n) is 5.47. The molecule has 0 aliphatic heterocycles. The molecule has 0 aromatic carbocycles. The lowest BCUT2D eigenvalue weighted by Gasteiger charge is -2.19. The number of unbranched alkanes of at least 4 members (excludes halogenated alkanes) is 1. The first-order chi connectivity index (χ1) is 6.06. The molecule has 80 valence electrons. The van der Waals surface area contributed by atoms with Crippen LogP contribution in [0.5, 0.6) is 0 Å². The van der Waals surface area contributed by atoms with E-state index in [9.17, 15) is 0 Å². The molecule has 2 nitrogen and oxygen atoms in total. The van der Waals surface area contributed by atoms with Crippen LogP contribution in [0.25, 0.3) is 0 Å². The first-order valence-corrected chi connectivity index (χ1v) is 5.47. The fourth-order valence-corrected chi connectivity index (χ4v) is 1.47. The van der Waals surface area contributed by atoms with E-state index in [4.69, 9.17) is 10.5 Å². The largest absolute Gasteiger partial charge is 0.361 e. The van der Waals surface area contributed by atoms with Gasteiger partial charge in [0.1, 0.15) is 6.23 Å². The molecule has 2 heteroatoms. The van der Waals surface area contributed by atoms with Crippen LogP contribution in [0, 0.1) is 5.92 Å². The average molecular weight is 187 g/mol. The maximum Gasteiger partial charge on any atom is 0.106 e. The van der Waals surface area contributed by atoms with Crippen LogP contribution in [0.4, 0.5) is 0 Å². The maximum absolute atomic E-state index is 5.83. The van der Waals surface area contributed by atoms with E-state index in [0.29, 0.717) is 5.92 Å². The number of nitrogens with two attached hydrogens (primary N) is 1. The molecular formula is C11H25NO. The van der Waals surface area contributed by atoms with Gasteiger partial charge in [-0.25, -0.2) is 0 Å². The summed E-state index contributed by atoms with van der Waals surface area (Å²) in [5.74, 6) is 0.689. The highest BCUT2D eigenvalue weighted by Crippen LogP contribution is 2.14. The number of hydrogen-bond acceptors (Lipinski definition) is 2. The SMILES string of the molecule is CCCCC(C)CC(N)OC(C)C. The molecule has 0 bridgehead atoms. The zero-order valence-corrected chi connectivity index (χ0v) is 9.55. The second kappa shape index (κ2) is 7.34. The summed E-state index contributed by atoms with van der Waals surface area (Å²) in [7, 11) is 0. The van der Waals surface area contributed by atoms with Crippen LogP contribution in [0.3, 0.4) is 0 Å². The molecule has 0 aromatic heterocycles. The Bertz CT molecular complexity index is 115. The van der Waals surface area contributed by atoms with Gasteiger partial charge in [0.2, 0.25) is 0 Å². The minimum Gasteiger partial charge on any atom is -0.361 e. The Balaban J connectivity index is 3.46. The topological polar surface area (TPSA) is 35.2 Å². The molecule has 0 fully saturated rings. The molecule has 0 rings (SSSR count). The van der Waals surface area contributed by atoms with Gasteiger partial charge in [-0.05, 0) is 26.2 Å². The monoisotopic (exact) mass is 187 g/mol. The van der Waals surface area contributed by atoms with Crippen molar-refractivity contribution < 1.29 is 4.74 Å². The van der Waals surface area contributed by atoms with Crippen molar-refractivity contribution in [3.63, 3.8) is 0 Å². The van der Waals surface area contributed by atoms with Crippen molar-refractivity contribution >= 4 is 0 Å². The van der Waals surface area contributed by atoms with Crippen molar-refractivity contribution in [3.8, 4) is 0 Å². The second-order valence-corrected chi connectivity index (χ2v) is 4.21. The Hall–Kier alpha value is -0.0800. The molecule has 2 atom stereocenters. The van der Waals surface area contributed by atoms with Gasteiger partial charge in [-0.3, -0.25) is 0 Å². The molecule has 0 saturated heterocycles. The predicted molar refractivity (Wildman–Crippen MR) is 57.5 cm³/mol. The lowest BCUT2D eigenvalue weighted by Crippen LogP contribution is -2.29. The Morgan fingerprint density at radius 1 is 1.23 bits per heavy atom. The van der Waals surface area contributed by atoms with Crippen molar-refractivity contribution in [2.45, 2.75) is 65.7 Å². The molecule has 0 radical (unpaired) electrons. The molecule has 13 heavy (non-hydrogen) atoms. The molecule has 0 heterocycles. The van der Waals surface area contributed by atoms with Gasteiger partial charge in [-0.15, -0.1) is 0 Å². The Morgan fingerprint density at radius 2 is 1.85 bits per heavy atom. The van der Waals surface area contributed by atoms with Crippen LogP contribution < -0.4 is 5.73 Å². The van der Waals surface area contributed by atoms with Gasteiger partial charge < -0.3 is 10.5 Å². The highest BCUT2D eigenvalue weighted by atomic mass is 16.5. The minimum atomic E-state index is -0.0770. The summed E-state index contributed by atoms with van der Waals surface area (Å²) in [6.45, 7) is 8.52. The van der Waals surface area contributed by atoms with Gasteiger partial charge in [-0.2, -0.15) is 0 Å². The summed E-state index contributed by atoms with van der Waals surface area (Å²) >= 11 is 0. The third-order valence-corrected chi connectivity index (χ3v) is 2.13. The lowest BCUT2D eigenvalue weighted by molar-refractivity contribution is -0.00113. The van der Waals surface area contributed by atoms with Crippen molar-refractivity contribution in [3.05, 3.63) is 0 Å². The standard InChI is InChI=1S/C11H25NO/c1-5-6-7-10(4)8-11(12)13-9(2)3/h9-11H,5-8,12H2,1-4H3. The van der Waals surface area contributed by atoms with Gasteiger partial charge in [0.25, 0.3) is 0 Å². The van der Waals surface area contributed by atoms with Gasteiger partial charge in [-0.1, -0.05) is 33.1 Å². The van der Waals surface area contributed by atoms with Gasteiger partial charge >= 0.3 is 0 Å². The van der Waals surface area contributed by atoms with Crippen LogP contribution in [0.15, 0.2) is 0 Å². The van der Waals surface area contributed by atoms with Crippen molar-refractivity contribution in [2.24, 2.45) is 11.7 Å². The van der Waals surface area contributed by atoms with Crippen LogP contribution in [-0.2, 0) is 4.74 Å². The van der Waals surface area contributed by atoms with Crippen molar-refractivity contribution in [1.82, 2.24) is 0 Å². The van der Waals surface area contributed by atoms with Crippen LogP contribution in [0.2, 0.25) is 0 Å². The zero-order valence-electron chi connectivity index (χ0n) is 9.55. The van der Waals surface area contributed by atoms with Crippen LogP contribution in [-0.4, -0.2) is 12.3 Å². The van der Waals surface area contributed by atoms with Crippen LogP contribution in [0.1, 0.15) is 53.4 Å². The second-order valence-electron chi connectivity index (χ2n) is 4.21. The van der Waals surface area contributed by atoms with E-state index in [-0.39, 0.29) is 12.3 Å². The summed E-state index contributed by atoms with van der Waals surface area (Å²) < 4.78 is 5.48. The smallest absolute Gasteiger partial charge is 0.106 e. The van der Waals surface area contributed by atoms with Crippen molar-refractivity contribution in [2.75, 3.05) is 0 Å². The zero-order chi connectivity index (χ0) is 10.3. The first kappa shape index (κ1) is 12.9. The summed E-state index contributed by atoms with van der Waals surface area (Å²) in [6, 6.07) is 0. The normalized spacial score (nSPS) is 16.2. The van der Waals surface area contributed by atoms with E-state index >= 15 is 0 Å². The molecule has 2 N–H and O–H groups in total. The predicted octanol–water partition coefficient (Wildman–Crippen LogP) is 2.91. The van der Waals surface area contributed by atoms with Gasteiger partial charge in [0.15, 0.2) is 0 Å². The number of ether oxygens (including phenoxy) is 1. The molecule has 0 spiro atoms. The Morgan fingerprint density at radius 3 is 2.31 bits per heavy atom. The van der Waals surface area contributed by atoms with Gasteiger partial charge in [0.05, 0.1) is 6.10 Å².